The highest BCUT2D eigenvalue weighted by molar-refractivity contribution is 8.00. The molecule has 2 unspecified atom stereocenters. The van der Waals surface area contributed by atoms with Crippen LogP contribution in [0, 0.1) is 11.8 Å². The van der Waals surface area contributed by atoms with E-state index in [0.717, 1.165) is 18.6 Å². The van der Waals surface area contributed by atoms with Crippen molar-refractivity contribution < 1.29 is 4.79 Å². The Bertz CT molecular complexity index is 313. The second-order valence-electron chi connectivity index (χ2n) is 6.29. The van der Waals surface area contributed by atoms with Crippen LogP contribution in [0.25, 0.3) is 0 Å². The van der Waals surface area contributed by atoms with E-state index in [1.165, 1.54) is 12.8 Å². The summed E-state index contributed by atoms with van der Waals surface area (Å²) in [7, 11) is 0. The zero-order chi connectivity index (χ0) is 13.3. The summed E-state index contributed by atoms with van der Waals surface area (Å²) in [6, 6.07) is 0.535. The van der Waals surface area contributed by atoms with Crippen LogP contribution in [0.4, 0.5) is 0 Å². The van der Waals surface area contributed by atoms with E-state index in [9.17, 15) is 4.79 Å². The predicted octanol–water partition coefficient (Wildman–Crippen LogP) is 2.15. The van der Waals surface area contributed by atoms with E-state index in [0.29, 0.717) is 23.1 Å². The van der Waals surface area contributed by atoms with Crippen molar-refractivity contribution in [2.75, 3.05) is 5.75 Å². The van der Waals surface area contributed by atoms with Crippen molar-refractivity contribution in [1.82, 2.24) is 5.32 Å². The Morgan fingerprint density at radius 1 is 1.33 bits per heavy atom. The van der Waals surface area contributed by atoms with Crippen molar-refractivity contribution >= 4 is 17.7 Å². The van der Waals surface area contributed by atoms with E-state index in [1.807, 2.05) is 11.8 Å². The fourth-order valence-electron chi connectivity index (χ4n) is 2.24. The number of hydrogen-bond acceptors (Lipinski definition) is 3. The Balaban J connectivity index is 2.00. The van der Waals surface area contributed by atoms with Crippen LogP contribution in [0.1, 0.15) is 46.5 Å². The van der Waals surface area contributed by atoms with Gasteiger partial charge in [0.05, 0.1) is 0 Å². The molecule has 2 fully saturated rings. The molecule has 0 aromatic heterocycles. The first-order valence-electron chi connectivity index (χ1n) is 7.15. The van der Waals surface area contributed by atoms with Crippen molar-refractivity contribution in [3.63, 3.8) is 0 Å². The molecule has 2 saturated carbocycles. The zero-order valence-electron chi connectivity index (χ0n) is 11.7. The quantitative estimate of drug-likeness (QED) is 0.710. The molecule has 3 N–H and O–H groups in total. The Morgan fingerprint density at radius 3 is 2.33 bits per heavy atom. The minimum Gasteiger partial charge on any atom is -0.368 e. The predicted molar refractivity (Wildman–Crippen MR) is 77.6 cm³/mol. The van der Waals surface area contributed by atoms with Crippen molar-refractivity contribution in [3.05, 3.63) is 0 Å². The first-order valence-corrected chi connectivity index (χ1v) is 8.20. The molecule has 104 valence electrons. The third-order valence-corrected chi connectivity index (χ3v) is 5.96. The van der Waals surface area contributed by atoms with Gasteiger partial charge in [0.15, 0.2) is 0 Å². The SMILES string of the molecule is CC(C)C(C)SCC(NC1CC1)(C(N)=O)C1CC1. The summed E-state index contributed by atoms with van der Waals surface area (Å²) in [5.74, 6) is 1.81. The van der Waals surface area contributed by atoms with Gasteiger partial charge in [0.1, 0.15) is 5.54 Å². The van der Waals surface area contributed by atoms with Crippen LogP contribution >= 0.6 is 11.8 Å². The van der Waals surface area contributed by atoms with E-state index < -0.39 is 5.54 Å². The topological polar surface area (TPSA) is 55.1 Å². The Labute approximate surface area is 115 Å². The molecular weight excluding hydrogens is 244 g/mol. The molecule has 0 aromatic carbocycles. The summed E-state index contributed by atoms with van der Waals surface area (Å²) >= 11 is 1.89. The van der Waals surface area contributed by atoms with Crippen molar-refractivity contribution in [1.29, 1.82) is 0 Å². The second-order valence-corrected chi connectivity index (χ2v) is 7.65. The molecule has 0 heterocycles. The Kier molecular flexibility index (Phi) is 4.27. The first-order chi connectivity index (χ1) is 8.45. The van der Waals surface area contributed by atoms with E-state index in [2.05, 4.69) is 26.1 Å². The monoisotopic (exact) mass is 270 g/mol. The summed E-state index contributed by atoms with van der Waals surface area (Å²) in [5.41, 5.74) is 5.30. The molecule has 0 spiro atoms. The van der Waals surface area contributed by atoms with Crippen LogP contribution in [0.15, 0.2) is 0 Å². The molecule has 3 nitrogen and oxygen atoms in total. The summed E-state index contributed by atoms with van der Waals surface area (Å²) in [6.45, 7) is 6.70. The lowest BCUT2D eigenvalue weighted by atomic mass is 9.94. The maximum Gasteiger partial charge on any atom is 0.238 e. The molecule has 0 radical (unpaired) electrons. The van der Waals surface area contributed by atoms with E-state index in [4.69, 9.17) is 5.73 Å². The van der Waals surface area contributed by atoms with Gasteiger partial charge in [-0.3, -0.25) is 10.1 Å². The molecule has 4 heteroatoms. The van der Waals surface area contributed by atoms with Gasteiger partial charge in [-0.1, -0.05) is 20.8 Å². The van der Waals surface area contributed by atoms with Gasteiger partial charge in [-0.05, 0) is 37.5 Å². The van der Waals surface area contributed by atoms with Gasteiger partial charge in [-0.25, -0.2) is 0 Å². The number of amides is 1. The van der Waals surface area contributed by atoms with Gasteiger partial charge in [0.2, 0.25) is 5.91 Å². The zero-order valence-corrected chi connectivity index (χ0v) is 12.6. The van der Waals surface area contributed by atoms with Gasteiger partial charge in [0.25, 0.3) is 0 Å². The minimum absolute atomic E-state index is 0.139. The average Bonchev–Trinajstić information content (AvgIpc) is 3.14. The fraction of sp³-hybridized carbons (Fsp3) is 0.929. The lowest BCUT2D eigenvalue weighted by molar-refractivity contribution is -0.124. The molecule has 2 aliphatic rings. The van der Waals surface area contributed by atoms with Crippen molar-refractivity contribution in [3.8, 4) is 0 Å². The molecule has 0 bridgehead atoms. The van der Waals surface area contributed by atoms with Crippen LogP contribution in [-0.2, 0) is 4.79 Å². The van der Waals surface area contributed by atoms with Crippen LogP contribution in [0.5, 0.6) is 0 Å². The van der Waals surface area contributed by atoms with Crippen molar-refractivity contribution in [2.24, 2.45) is 17.6 Å². The second kappa shape index (κ2) is 5.41. The van der Waals surface area contributed by atoms with E-state index in [1.54, 1.807) is 0 Å². The lowest BCUT2D eigenvalue weighted by Gasteiger charge is -2.33. The third kappa shape index (κ3) is 3.21. The molecule has 1 amide bonds. The van der Waals surface area contributed by atoms with Gasteiger partial charge in [-0.15, -0.1) is 0 Å². The highest BCUT2D eigenvalue weighted by Crippen LogP contribution is 2.43. The number of rotatable bonds is 8. The summed E-state index contributed by atoms with van der Waals surface area (Å²) in [5, 5.41) is 4.14. The van der Waals surface area contributed by atoms with Gasteiger partial charge in [-0.2, -0.15) is 11.8 Å². The van der Waals surface area contributed by atoms with Crippen LogP contribution in [-0.4, -0.2) is 28.5 Å². The summed E-state index contributed by atoms with van der Waals surface area (Å²) in [6.07, 6.45) is 4.71. The smallest absolute Gasteiger partial charge is 0.238 e. The van der Waals surface area contributed by atoms with Crippen LogP contribution < -0.4 is 11.1 Å². The van der Waals surface area contributed by atoms with E-state index in [-0.39, 0.29) is 5.91 Å². The fourth-order valence-corrected chi connectivity index (χ4v) is 3.62. The molecule has 0 aromatic rings. The Morgan fingerprint density at radius 2 is 1.94 bits per heavy atom. The number of hydrogen-bond donors (Lipinski definition) is 2. The van der Waals surface area contributed by atoms with Crippen LogP contribution in [0.2, 0.25) is 0 Å². The maximum absolute atomic E-state index is 12.0. The number of primary amides is 1. The standard InChI is InChI=1S/C14H26N2OS/c1-9(2)10(3)18-8-14(13(15)17,11-4-5-11)16-12-6-7-12/h9-12,16H,4-8H2,1-3H3,(H2,15,17). The molecule has 0 aliphatic heterocycles. The van der Waals surface area contributed by atoms with Crippen molar-refractivity contribution in [2.45, 2.75) is 63.3 Å². The molecular formula is C14H26N2OS. The average molecular weight is 270 g/mol. The minimum atomic E-state index is -0.436. The first kappa shape index (κ1) is 14.2. The highest BCUT2D eigenvalue weighted by atomic mass is 32.2. The molecule has 2 aliphatic carbocycles. The lowest BCUT2D eigenvalue weighted by Crippen LogP contribution is -2.60. The maximum atomic E-state index is 12.0. The summed E-state index contributed by atoms with van der Waals surface area (Å²) < 4.78 is 0. The van der Waals surface area contributed by atoms with E-state index >= 15 is 0 Å². The number of nitrogens with one attached hydrogen (secondary N) is 1. The highest BCUT2D eigenvalue weighted by Gasteiger charge is 2.51. The molecule has 18 heavy (non-hydrogen) atoms. The van der Waals surface area contributed by atoms with Gasteiger partial charge in [0, 0.05) is 17.0 Å². The van der Waals surface area contributed by atoms with Gasteiger partial charge >= 0.3 is 0 Å². The molecule has 0 saturated heterocycles. The number of thioether (sulfide) groups is 1. The normalized spacial score (nSPS) is 24.9. The molecule has 2 atom stereocenters. The number of carbonyl (C=O) groups excluding carboxylic acids is 1. The largest absolute Gasteiger partial charge is 0.368 e. The number of carbonyl (C=O) groups is 1. The number of nitrogens with two attached hydrogens (primary N) is 1. The van der Waals surface area contributed by atoms with Crippen LogP contribution in [0.3, 0.4) is 0 Å². The van der Waals surface area contributed by atoms with Gasteiger partial charge < -0.3 is 5.73 Å². The summed E-state index contributed by atoms with van der Waals surface area (Å²) in [4.78, 5) is 12.0. The Hall–Kier alpha value is -0.220. The molecule has 2 rings (SSSR count). The third-order valence-electron chi connectivity index (χ3n) is 4.27.